The van der Waals surface area contributed by atoms with Crippen LogP contribution in [-0.4, -0.2) is 34.5 Å². The van der Waals surface area contributed by atoms with E-state index >= 15 is 0 Å². The lowest BCUT2D eigenvalue weighted by atomic mass is 10.0. The van der Waals surface area contributed by atoms with Crippen LogP contribution in [0.3, 0.4) is 0 Å². The number of ether oxygens (including phenoxy) is 1. The minimum Gasteiger partial charge on any atom is -0.459 e. The molecule has 1 aromatic carbocycles. The first kappa shape index (κ1) is 15.5. The predicted octanol–water partition coefficient (Wildman–Crippen LogP) is 2.07. The van der Waals surface area contributed by atoms with Crippen LogP contribution in [0.25, 0.3) is 6.08 Å². The summed E-state index contributed by atoms with van der Waals surface area (Å²) in [6, 6.07) is 9.65. The van der Waals surface area contributed by atoms with Gasteiger partial charge in [0.05, 0.1) is 12.2 Å². The van der Waals surface area contributed by atoms with E-state index in [-0.39, 0.29) is 18.5 Å². The molecule has 2 N–H and O–H groups in total. The highest BCUT2D eigenvalue weighted by Crippen LogP contribution is 2.16. The second-order valence-electron chi connectivity index (χ2n) is 5.16. The van der Waals surface area contributed by atoms with Gasteiger partial charge in [0.25, 0.3) is 0 Å². The molecule has 1 aliphatic heterocycles. The number of carbonyl (C=O) groups excluding carboxylic acids is 1. The van der Waals surface area contributed by atoms with Crippen molar-refractivity contribution in [3.8, 4) is 0 Å². The van der Waals surface area contributed by atoms with E-state index in [9.17, 15) is 15.0 Å². The van der Waals surface area contributed by atoms with Gasteiger partial charge in [-0.3, -0.25) is 0 Å². The Labute approximate surface area is 124 Å². The predicted molar refractivity (Wildman–Crippen MR) is 80.4 cm³/mol. The molecule has 1 heterocycles. The SMILES string of the molecule is O=C1C=CC[C@H](C[C@H](O)C[C@@H](O)C=Cc2ccccc2)O1. The zero-order valence-corrected chi connectivity index (χ0v) is 11.8. The first-order valence-electron chi connectivity index (χ1n) is 7.10. The molecule has 0 spiro atoms. The zero-order valence-electron chi connectivity index (χ0n) is 11.8. The second kappa shape index (κ2) is 7.76. The molecule has 0 saturated carbocycles. The van der Waals surface area contributed by atoms with Crippen LogP contribution in [0.2, 0.25) is 0 Å². The van der Waals surface area contributed by atoms with Gasteiger partial charge in [-0.15, -0.1) is 0 Å². The van der Waals surface area contributed by atoms with Crippen molar-refractivity contribution < 1.29 is 19.7 Å². The molecule has 1 aromatic rings. The van der Waals surface area contributed by atoms with Crippen LogP contribution in [-0.2, 0) is 9.53 Å². The number of aliphatic hydroxyl groups is 2. The first-order valence-corrected chi connectivity index (χ1v) is 7.10. The highest BCUT2D eigenvalue weighted by atomic mass is 16.5. The van der Waals surface area contributed by atoms with Crippen LogP contribution < -0.4 is 0 Å². The van der Waals surface area contributed by atoms with Gasteiger partial charge in [0.2, 0.25) is 0 Å². The fraction of sp³-hybridized carbons (Fsp3) is 0.353. The third-order valence-electron chi connectivity index (χ3n) is 3.29. The molecule has 0 radical (unpaired) electrons. The Kier molecular flexibility index (Phi) is 5.72. The summed E-state index contributed by atoms with van der Waals surface area (Å²) >= 11 is 0. The maximum absolute atomic E-state index is 11.1. The number of cyclic esters (lactones) is 1. The largest absolute Gasteiger partial charge is 0.459 e. The maximum atomic E-state index is 11.1. The number of esters is 1. The zero-order chi connectivity index (χ0) is 15.1. The maximum Gasteiger partial charge on any atom is 0.330 e. The average Bonchev–Trinajstić information content (AvgIpc) is 2.46. The monoisotopic (exact) mass is 288 g/mol. The second-order valence-corrected chi connectivity index (χ2v) is 5.16. The molecule has 0 amide bonds. The van der Waals surface area contributed by atoms with Crippen molar-refractivity contribution in [2.24, 2.45) is 0 Å². The van der Waals surface area contributed by atoms with Gasteiger partial charge in [0.1, 0.15) is 6.10 Å². The Bertz CT molecular complexity index is 507. The van der Waals surface area contributed by atoms with Crippen LogP contribution in [0.15, 0.2) is 48.6 Å². The number of hydrogen-bond acceptors (Lipinski definition) is 4. The van der Waals surface area contributed by atoms with E-state index in [1.807, 2.05) is 36.4 Å². The van der Waals surface area contributed by atoms with Gasteiger partial charge >= 0.3 is 5.97 Å². The van der Waals surface area contributed by atoms with Crippen LogP contribution in [0, 0.1) is 0 Å². The number of rotatable bonds is 6. The molecule has 0 aliphatic carbocycles. The summed E-state index contributed by atoms with van der Waals surface area (Å²) < 4.78 is 5.08. The van der Waals surface area contributed by atoms with Crippen LogP contribution in [0.5, 0.6) is 0 Å². The van der Waals surface area contributed by atoms with Crippen molar-refractivity contribution in [2.45, 2.75) is 37.6 Å². The van der Waals surface area contributed by atoms with Gasteiger partial charge in [-0.2, -0.15) is 0 Å². The molecule has 0 saturated heterocycles. The number of carbonyl (C=O) groups is 1. The molecular weight excluding hydrogens is 268 g/mol. The Hall–Kier alpha value is -1.91. The standard InChI is InChI=1S/C17H20O4/c18-14(10-9-13-5-2-1-3-6-13)11-15(19)12-16-7-4-8-17(20)21-16/h1-6,8-10,14-16,18-19H,7,11-12H2/t14-,15+,16+/m0/s1. The number of aliphatic hydroxyl groups excluding tert-OH is 2. The summed E-state index contributed by atoms with van der Waals surface area (Å²) in [7, 11) is 0. The van der Waals surface area contributed by atoms with E-state index < -0.39 is 12.2 Å². The molecule has 3 atom stereocenters. The van der Waals surface area contributed by atoms with E-state index in [1.54, 1.807) is 12.2 Å². The van der Waals surface area contributed by atoms with Crippen LogP contribution >= 0.6 is 0 Å². The molecule has 4 nitrogen and oxygen atoms in total. The van der Waals surface area contributed by atoms with Gasteiger partial charge in [-0.25, -0.2) is 4.79 Å². The molecule has 0 bridgehead atoms. The Morgan fingerprint density at radius 1 is 1.29 bits per heavy atom. The van der Waals surface area contributed by atoms with Gasteiger partial charge in [0, 0.05) is 25.3 Å². The lowest BCUT2D eigenvalue weighted by Gasteiger charge is -2.22. The van der Waals surface area contributed by atoms with Gasteiger partial charge in [-0.1, -0.05) is 48.6 Å². The molecule has 21 heavy (non-hydrogen) atoms. The first-order chi connectivity index (χ1) is 10.1. The van der Waals surface area contributed by atoms with Crippen molar-refractivity contribution in [2.75, 3.05) is 0 Å². The summed E-state index contributed by atoms with van der Waals surface area (Å²) in [5, 5.41) is 19.8. The molecule has 4 heteroatoms. The minimum absolute atomic E-state index is 0.223. The Morgan fingerprint density at radius 2 is 2.05 bits per heavy atom. The molecule has 2 rings (SSSR count). The van der Waals surface area contributed by atoms with Crippen molar-refractivity contribution in [3.63, 3.8) is 0 Å². The van der Waals surface area contributed by atoms with Crippen LogP contribution in [0.4, 0.5) is 0 Å². The highest BCUT2D eigenvalue weighted by Gasteiger charge is 2.20. The minimum atomic E-state index is -0.727. The molecule has 112 valence electrons. The fourth-order valence-corrected chi connectivity index (χ4v) is 2.26. The summed E-state index contributed by atoms with van der Waals surface area (Å²) in [5.41, 5.74) is 0.998. The molecule has 0 unspecified atom stereocenters. The molecule has 0 aromatic heterocycles. The highest BCUT2D eigenvalue weighted by molar-refractivity contribution is 5.82. The van der Waals surface area contributed by atoms with E-state index in [0.717, 1.165) is 5.56 Å². The average molecular weight is 288 g/mol. The van der Waals surface area contributed by atoms with Gasteiger partial charge in [-0.05, 0) is 5.56 Å². The Balaban J connectivity index is 1.77. The topological polar surface area (TPSA) is 66.8 Å². The summed E-state index contributed by atoms with van der Waals surface area (Å²) in [4.78, 5) is 11.1. The van der Waals surface area contributed by atoms with E-state index in [2.05, 4.69) is 0 Å². The molecular formula is C17H20O4. The summed E-state index contributed by atoms with van der Waals surface area (Å²) in [5.74, 6) is -0.372. The van der Waals surface area contributed by atoms with Gasteiger partial charge < -0.3 is 14.9 Å². The third-order valence-corrected chi connectivity index (χ3v) is 3.29. The summed E-state index contributed by atoms with van der Waals surface area (Å²) in [6.45, 7) is 0. The Morgan fingerprint density at radius 3 is 2.76 bits per heavy atom. The van der Waals surface area contributed by atoms with Crippen molar-refractivity contribution in [1.82, 2.24) is 0 Å². The fourth-order valence-electron chi connectivity index (χ4n) is 2.26. The molecule has 0 fully saturated rings. The quantitative estimate of drug-likeness (QED) is 0.786. The lowest BCUT2D eigenvalue weighted by Crippen LogP contribution is -2.27. The summed E-state index contributed by atoms with van der Waals surface area (Å²) in [6.07, 6.45) is 6.05. The van der Waals surface area contributed by atoms with Crippen molar-refractivity contribution in [3.05, 3.63) is 54.1 Å². The third kappa shape index (κ3) is 5.53. The lowest BCUT2D eigenvalue weighted by molar-refractivity contribution is -0.145. The van der Waals surface area contributed by atoms with E-state index in [0.29, 0.717) is 12.8 Å². The normalized spacial score (nSPS) is 21.2. The van der Waals surface area contributed by atoms with E-state index in [4.69, 9.17) is 4.74 Å². The molecule has 1 aliphatic rings. The van der Waals surface area contributed by atoms with Crippen LogP contribution in [0.1, 0.15) is 24.8 Å². The van der Waals surface area contributed by atoms with Crippen molar-refractivity contribution in [1.29, 1.82) is 0 Å². The van der Waals surface area contributed by atoms with E-state index in [1.165, 1.54) is 6.08 Å². The number of benzene rings is 1. The smallest absolute Gasteiger partial charge is 0.330 e. The number of hydrogen-bond donors (Lipinski definition) is 2. The van der Waals surface area contributed by atoms with Crippen molar-refractivity contribution >= 4 is 12.0 Å². The van der Waals surface area contributed by atoms with Gasteiger partial charge in [0.15, 0.2) is 0 Å².